The van der Waals surface area contributed by atoms with Crippen molar-refractivity contribution in [3.05, 3.63) is 101 Å². The zero-order valence-electron chi connectivity index (χ0n) is 16.0. The van der Waals surface area contributed by atoms with Gasteiger partial charge in [-0.1, -0.05) is 65.8 Å². The Morgan fingerprint density at radius 2 is 1.70 bits per heavy atom. The Kier molecular flexibility index (Phi) is 5.30. The van der Waals surface area contributed by atoms with Crippen LogP contribution in [-0.4, -0.2) is 14.8 Å². The van der Waals surface area contributed by atoms with Crippen molar-refractivity contribution in [3.8, 4) is 11.4 Å². The summed E-state index contributed by atoms with van der Waals surface area (Å²) >= 11 is 7.74. The minimum atomic E-state index is 0.565. The number of furan rings is 1. The molecule has 0 aliphatic carbocycles. The maximum absolute atomic E-state index is 6.06. The van der Waals surface area contributed by atoms with Crippen LogP contribution in [0.4, 0.5) is 0 Å². The summed E-state index contributed by atoms with van der Waals surface area (Å²) in [5, 5.41) is 13.0. The van der Waals surface area contributed by atoms with E-state index in [1.165, 1.54) is 16.3 Å². The molecular weight excluding hydrogens is 414 g/mol. The molecule has 2 aromatic heterocycles. The molecule has 0 fully saturated rings. The number of rotatable bonds is 6. The topological polar surface area (TPSA) is 43.9 Å². The first-order chi connectivity index (χ1) is 14.8. The summed E-state index contributed by atoms with van der Waals surface area (Å²) in [6, 6.07) is 26.4. The summed E-state index contributed by atoms with van der Waals surface area (Å²) in [6.45, 7) is 0.565. The van der Waals surface area contributed by atoms with Crippen LogP contribution < -0.4 is 0 Å². The number of benzene rings is 3. The van der Waals surface area contributed by atoms with Crippen molar-refractivity contribution in [2.24, 2.45) is 0 Å². The molecule has 0 saturated heterocycles. The van der Waals surface area contributed by atoms with E-state index in [1.807, 2.05) is 36.4 Å². The summed E-state index contributed by atoms with van der Waals surface area (Å²) in [4.78, 5) is 0. The molecule has 30 heavy (non-hydrogen) atoms. The lowest BCUT2D eigenvalue weighted by Crippen LogP contribution is -2.03. The number of hydrogen-bond donors (Lipinski definition) is 0. The van der Waals surface area contributed by atoms with Gasteiger partial charge in [0.05, 0.1) is 12.8 Å². The largest absolute Gasteiger partial charge is 0.467 e. The van der Waals surface area contributed by atoms with Gasteiger partial charge in [0.15, 0.2) is 11.0 Å². The van der Waals surface area contributed by atoms with Crippen molar-refractivity contribution in [1.82, 2.24) is 14.8 Å². The van der Waals surface area contributed by atoms with Gasteiger partial charge in [0.2, 0.25) is 0 Å². The maximum atomic E-state index is 6.06. The fourth-order valence-electron chi connectivity index (χ4n) is 3.47. The Balaban J connectivity index is 1.49. The van der Waals surface area contributed by atoms with E-state index in [1.54, 1.807) is 18.0 Å². The highest BCUT2D eigenvalue weighted by atomic mass is 35.5. The normalized spacial score (nSPS) is 11.2. The molecule has 0 aliphatic rings. The highest BCUT2D eigenvalue weighted by molar-refractivity contribution is 7.98. The van der Waals surface area contributed by atoms with E-state index in [0.717, 1.165) is 28.1 Å². The molecule has 0 spiro atoms. The molecule has 5 rings (SSSR count). The van der Waals surface area contributed by atoms with Crippen molar-refractivity contribution < 1.29 is 4.42 Å². The molecule has 0 saturated carbocycles. The average molecular weight is 432 g/mol. The number of thioether (sulfide) groups is 1. The summed E-state index contributed by atoms with van der Waals surface area (Å²) < 4.78 is 7.68. The lowest BCUT2D eigenvalue weighted by Gasteiger charge is -2.10. The average Bonchev–Trinajstić information content (AvgIpc) is 3.43. The van der Waals surface area contributed by atoms with E-state index < -0.39 is 0 Å². The second kappa shape index (κ2) is 8.38. The predicted octanol–water partition coefficient (Wildman–Crippen LogP) is 6.69. The lowest BCUT2D eigenvalue weighted by atomic mass is 10.1. The quantitative estimate of drug-likeness (QED) is 0.281. The molecule has 0 atom stereocenters. The minimum absolute atomic E-state index is 0.565. The van der Waals surface area contributed by atoms with Crippen molar-refractivity contribution >= 4 is 34.1 Å². The lowest BCUT2D eigenvalue weighted by molar-refractivity contribution is 0.485. The predicted molar refractivity (Wildman–Crippen MR) is 122 cm³/mol. The van der Waals surface area contributed by atoms with Crippen molar-refractivity contribution in [1.29, 1.82) is 0 Å². The Bertz CT molecular complexity index is 1270. The van der Waals surface area contributed by atoms with Crippen LogP contribution in [0.1, 0.15) is 11.3 Å². The molecule has 3 aromatic carbocycles. The van der Waals surface area contributed by atoms with Crippen LogP contribution >= 0.6 is 23.4 Å². The van der Waals surface area contributed by atoms with Crippen LogP contribution in [0, 0.1) is 0 Å². The van der Waals surface area contributed by atoms with Crippen molar-refractivity contribution in [2.45, 2.75) is 17.5 Å². The van der Waals surface area contributed by atoms with Gasteiger partial charge in [-0.2, -0.15) is 0 Å². The highest BCUT2D eigenvalue weighted by Gasteiger charge is 2.16. The minimum Gasteiger partial charge on any atom is -0.467 e. The third-order valence-corrected chi connectivity index (χ3v) is 6.22. The number of nitrogens with zero attached hydrogens (tertiary/aromatic N) is 3. The fraction of sp³-hybridized carbons (Fsp3) is 0.0833. The molecule has 0 radical (unpaired) electrons. The van der Waals surface area contributed by atoms with Crippen LogP contribution in [0.5, 0.6) is 0 Å². The Hall–Kier alpha value is -3.02. The molecule has 0 N–H and O–H groups in total. The SMILES string of the molecule is Clc1ccc(-c2nnc(SCc3cccc4ccccc34)n2Cc2ccco2)cc1. The summed E-state index contributed by atoms with van der Waals surface area (Å²) in [5.74, 6) is 2.46. The molecule has 6 heteroatoms. The van der Waals surface area contributed by atoms with E-state index in [0.29, 0.717) is 11.6 Å². The van der Waals surface area contributed by atoms with Crippen LogP contribution in [0.25, 0.3) is 22.2 Å². The zero-order chi connectivity index (χ0) is 20.3. The molecule has 5 aromatic rings. The first-order valence-electron chi connectivity index (χ1n) is 9.59. The Morgan fingerprint density at radius 3 is 2.53 bits per heavy atom. The van der Waals surface area contributed by atoms with Crippen molar-refractivity contribution in [3.63, 3.8) is 0 Å². The molecule has 0 unspecified atom stereocenters. The molecular formula is C24H18ClN3OS. The standard InChI is InChI=1S/C24H18ClN3OS/c25-20-12-10-18(11-13-20)23-26-27-24(28(23)15-21-8-4-14-29-21)30-16-19-7-3-6-17-5-1-2-9-22(17)19/h1-14H,15-16H2. The van der Waals surface area contributed by atoms with E-state index in [-0.39, 0.29) is 0 Å². The van der Waals surface area contributed by atoms with Gasteiger partial charge in [0.1, 0.15) is 5.76 Å². The van der Waals surface area contributed by atoms with Crippen molar-refractivity contribution in [2.75, 3.05) is 0 Å². The molecule has 148 valence electrons. The third kappa shape index (κ3) is 3.86. The third-order valence-electron chi connectivity index (χ3n) is 4.95. The van der Waals surface area contributed by atoms with E-state index in [2.05, 4.69) is 57.2 Å². The van der Waals surface area contributed by atoms with Gasteiger partial charge in [-0.15, -0.1) is 10.2 Å². The van der Waals surface area contributed by atoms with Crippen LogP contribution in [0.15, 0.2) is 94.7 Å². The Labute approximate surface area is 183 Å². The van der Waals surface area contributed by atoms with Gasteiger partial charge in [0, 0.05) is 16.3 Å². The van der Waals surface area contributed by atoms with Crippen LogP contribution in [0.2, 0.25) is 5.02 Å². The molecule has 0 aliphatic heterocycles. The second-order valence-corrected chi connectivity index (χ2v) is 8.28. The van der Waals surface area contributed by atoms with Gasteiger partial charge in [-0.25, -0.2) is 0 Å². The first-order valence-corrected chi connectivity index (χ1v) is 11.0. The second-order valence-electron chi connectivity index (χ2n) is 6.91. The number of hydrogen-bond acceptors (Lipinski definition) is 4. The summed E-state index contributed by atoms with van der Waals surface area (Å²) in [7, 11) is 0. The van der Waals surface area contributed by atoms with Crippen LogP contribution in [-0.2, 0) is 12.3 Å². The molecule has 4 nitrogen and oxygen atoms in total. The highest BCUT2D eigenvalue weighted by Crippen LogP contribution is 2.30. The molecule has 0 amide bonds. The fourth-order valence-corrected chi connectivity index (χ4v) is 4.54. The van der Waals surface area contributed by atoms with Gasteiger partial charge >= 0.3 is 0 Å². The van der Waals surface area contributed by atoms with E-state index in [9.17, 15) is 0 Å². The van der Waals surface area contributed by atoms with Gasteiger partial charge in [-0.3, -0.25) is 4.57 Å². The Morgan fingerprint density at radius 1 is 0.867 bits per heavy atom. The number of aromatic nitrogens is 3. The summed E-state index contributed by atoms with van der Waals surface area (Å²) in [6.07, 6.45) is 1.69. The number of fused-ring (bicyclic) bond motifs is 1. The molecule has 0 bridgehead atoms. The smallest absolute Gasteiger partial charge is 0.192 e. The van der Waals surface area contributed by atoms with Gasteiger partial charge in [-0.05, 0) is 52.7 Å². The van der Waals surface area contributed by atoms with Gasteiger partial charge < -0.3 is 4.42 Å². The maximum Gasteiger partial charge on any atom is 0.192 e. The monoisotopic (exact) mass is 431 g/mol. The molecule has 2 heterocycles. The first kappa shape index (κ1) is 19.0. The summed E-state index contributed by atoms with van der Waals surface area (Å²) in [5.41, 5.74) is 2.24. The zero-order valence-corrected chi connectivity index (χ0v) is 17.6. The van der Waals surface area contributed by atoms with E-state index in [4.69, 9.17) is 16.0 Å². The van der Waals surface area contributed by atoms with E-state index >= 15 is 0 Å². The number of halogens is 1. The van der Waals surface area contributed by atoms with Crippen LogP contribution in [0.3, 0.4) is 0 Å². The van der Waals surface area contributed by atoms with Gasteiger partial charge in [0.25, 0.3) is 0 Å².